The Labute approximate surface area is 235 Å². The van der Waals surface area contributed by atoms with Crippen LogP contribution in [0.25, 0.3) is 6.08 Å². The molecule has 0 aliphatic heterocycles. The number of benzene rings is 2. The van der Waals surface area contributed by atoms with Crippen molar-refractivity contribution in [2.45, 2.75) is 58.8 Å². The molecule has 2 aromatic carbocycles. The Morgan fingerprint density at radius 1 is 0.875 bits per heavy atom. The van der Waals surface area contributed by atoms with Crippen LogP contribution in [0.1, 0.15) is 63.5 Å². The lowest BCUT2D eigenvalue weighted by atomic mass is 9.49. The van der Waals surface area contributed by atoms with Crippen LogP contribution in [-0.4, -0.2) is 32.0 Å². The molecule has 1 N–H and O–H groups in total. The number of anilines is 1. The first-order chi connectivity index (χ1) is 19.0. The summed E-state index contributed by atoms with van der Waals surface area (Å²) >= 11 is 0. The van der Waals surface area contributed by atoms with Gasteiger partial charge in [0.25, 0.3) is 0 Å². The second-order valence-electron chi connectivity index (χ2n) is 11.7. The number of carbonyl (C=O) groups excluding carboxylic acids is 3. The van der Waals surface area contributed by atoms with E-state index in [1.54, 1.807) is 6.07 Å². The Morgan fingerprint density at radius 3 is 2.02 bits per heavy atom. The second kappa shape index (κ2) is 11.2. The molecule has 4 bridgehead atoms. The Kier molecular flexibility index (Phi) is 7.86. The minimum Gasteiger partial charge on any atom is -0.423 e. The maximum absolute atomic E-state index is 13.3. The van der Waals surface area contributed by atoms with E-state index < -0.39 is 21.8 Å². The molecule has 212 valence electrons. The van der Waals surface area contributed by atoms with Gasteiger partial charge >= 0.3 is 11.9 Å². The van der Waals surface area contributed by atoms with E-state index in [4.69, 9.17) is 9.47 Å². The lowest BCUT2D eigenvalue weighted by Gasteiger charge is -2.55. The molecule has 4 aliphatic rings. The van der Waals surface area contributed by atoms with E-state index in [0.717, 1.165) is 35.9 Å². The minimum atomic E-state index is -3.54. The van der Waals surface area contributed by atoms with Gasteiger partial charge in [-0.1, -0.05) is 18.2 Å². The Balaban J connectivity index is 1.17. The predicted molar refractivity (Wildman–Crippen MR) is 151 cm³/mol. The molecule has 4 aliphatic carbocycles. The predicted octanol–water partition coefficient (Wildman–Crippen LogP) is 5.32. The third kappa shape index (κ3) is 6.63. The van der Waals surface area contributed by atoms with Crippen LogP contribution in [0, 0.1) is 23.2 Å². The lowest BCUT2D eigenvalue weighted by molar-refractivity contribution is -0.140. The number of sulfone groups is 1. The number of carbonyl (C=O) groups is 3. The van der Waals surface area contributed by atoms with Gasteiger partial charge in [0.15, 0.2) is 21.3 Å². The highest BCUT2D eigenvalue weighted by Crippen LogP contribution is 2.60. The van der Waals surface area contributed by atoms with Crippen LogP contribution < -0.4 is 14.8 Å². The Morgan fingerprint density at radius 2 is 1.45 bits per heavy atom. The maximum Gasteiger partial charge on any atom is 0.308 e. The smallest absolute Gasteiger partial charge is 0.308 e. The van der Waals surface area contributed by atoms with Gasteiger partial charge < -0.3 is 14.8 Å². The fourth-order valence-electron chi connectivity index (χ4n) is 7.02. The van der Waals surface area contributed by atoms with E-state index in [2.05, 4.69) is 5.32 Å². The molecule has 6 rings (SSSR count). The van der Waals surface area contributed by atoms with E-state index in [1.165, 1.54) is 51.3 Å². The number of esters is 2. The highest BCUT2D eigenvalue weighted by atomic mass is 32.2. The van der Waals surface area contributed by atoms with Crippen molar-refractivity contribution in [1.29, 1.82) is 0 Å². The topological polar surface area (TPSA) is 116 Å². The first-order valence-corrected chi connectivity index (χ1v) is 15.5. The Bertz CT molecular complexity index is 1410. The first kappa shape index (κ1) is 28.1. The second-order valence-corrected chi connectivity index (χ2v) is 13.7. The van der Waals surface area contributed by atoms with Crippen molar-refractivity contribution in [2.75, 3.05) is 11.1 Å². The van der Waals surface area contributed by atoms with Crippen LogP contribution in [0.15, 0.2) is 47.9 Å². The van der Waals surface area contributed by atoms with Crippen molar-refractivity contribution >= 4 is 39.4 Å². The SMILES string of the molecule is CC(=O)Oc1ccc(/C=C/S(=O)(=O)CCc2ccc(NC(=O)C34CC5CC(CC(C5)C3)C4)cc2)cc1OC(C)=O. The zero-order chi connectivity index (χ0) is 28.5. The molecule has 0 saturated heterocycles. The lowest BCUT2D eigenvalue weighted by Crippen LogP contribution is -2.51. The number of nitrogens with one attached hydrogen (secondary N) is 1. The summed E-state index contributed by atoms with van der Waals surface area (Å²) in [5, 5.41) is 4.26. The molecule has 4 fully saturated rings. The molecule has 0 spiro atoms. The number of amides is 1. The van der Waals surface area contributed by atoms with E-state index >= 15 is 0 Å². The molecular formula is C31H35NO7S. The summed E-state index contributed by atoms with van der Waals surface area (Å²) in [5.41, 5.74) is 1.85. The quantitative estimate of drug-likeness (QED) is 0.323. The summed E-state index contributed by atoms with van der Waals surface area (Å²) in [7, 11) is -3.54. The van der Waals surface area contributed by atoms with Gasteiger partial charge in [-0.05, 0) is 104 Å². The number of ether oxygens (including phenoxy) is 2. The Hall–Kier alpha value is -3.46. The summed E-state index contributed by atoms with van der Waals surface area (Å²) in [4.78, 5) is 36.0. The fraction of sp³-hybridized carbons (Fsp3) is 0.452. The monoisotopic (exact) mass is 565 g/mol. The van der Waals surface area contributed by atoms with Crippen LogP contribution in [0.2, 0.25) is 0 Å². The van der Waals surface area contributed by atoms with Gasteiger partial charge in [-0.3, -0.25) is 14.4 Å². The summed E-state index contributed by atoms with van der Waals surface area (Å²) < 4.78 is 35.5. The average Bonchev–Trinajstić information content (AvgIpc) is 2.87. The highest BCUT2D eigenvalue weighted by molar-refractivity contribution is 7.94. The molecule has 0 atom stereocenters. The molecule has 9 heteroatoms. The van der Waals surface area contributed by atoms with E-state index in [9.17, 15) is 22.8 Å². The van der Waals surface area contributed by atoms with Gasteiger partial charge in [0, 0.05) is 24.9 Å². The van der Waals surface area contributed by atoms with Crippen LogP contribution in [0.4, 0.5) is 5.69 Å². The van der Waals surface area contributed by atoms with Crippen LogP contribution in [0.3, 0.4) is 0 Å². The number of hydrogen-bond donors (Lipinski definition) is 1. The van der Waals surface area contributed by atoms with Crippen LogP contribution in [-0.2, 0) is 30.6 Å². The minimum absolute atomic E-state index is 0.0256. The fourth-order valence-corrected chi connectivity index (χ4v) is 8.04. The summed E-state index contributed by atoms with van der Waals surface area (Å²) in [5.74, 6) is 1.08. The van der Waals surface area contributed by atoms with Crippen molar-refractivity contribution < 1.29 is 32.3 Å². The number of hydrogen-bond acceptors (Lipinski definition) is 7. The third-order valence-corrected chi connectivity index (χ3v) is 9.67. The molecular weight excluding hydrogens is 530 g/mol. The molecule has 0 aromatic heterocycles. The van der Waals surface area contributed by atoms with Crippen molar-refractivity contribution in [3.05, 3.63) is 59.0 Å². The molecule has 0 radical (unpaired) electrons. The number of aryl methyl sites for hydroxylation is 1. The summed E-state index contributed by atoms with van der Waals surface area (Å²) in [6.45, 7) is 2.44. The molecule has 0 heterocycles. The van der Waals surface area contributed by atoms with Gasteiger partial charge in [0.1, 0.15) is 0 Å². The largest absolute Gasteiger partial charge is 0.423 e. The van der Waals surface area contributed by atoms with Crippen LogP contribution >= 0.6 is 0 Å². The van der Waals surface area contributed by atoms with E-state index in [0.29, 0.717) is 29.7 Å². The summed E-state index contributed by atoms with van der Waals surface area (Å²) in [6, 6.07) is 11.8. The summed E-state index contributed by atoms with van der Waals surface area (Å²) in [6.07, 6.45) is 8.62. The molecule has 1 amide bonds. The standard InChI is InChI=1S/C31H35NO7S/c1-20(33)38-28-8-5-23(16-29(28)39-21(2)34)10-12-40(36,37)11-9-22-3-6-27(7-4-22)32-30(35)31-17-24-13-25(18-31)15-26(14-24)19-31/h3-8,10,12,16,24-26H,9,11,13-15,17-19H2,1-2H3,(H,32,35)/b12-10+. The van der Waals surface area contributed by atoms with Crippen molar-refractivity contribution in [2.24, 2.45) is 23.2 Å². The van der Waals surface area contributed by atoms with Crippen molar-refractivity contribution in [3.63, 3.8) is 0 Å². The normalized spacial score (nSPS) is 25.1. The van der Waals surface area contributed by atoms with Gasteiger partial charge in [-0.25, -0.2) is 8.42 Å². The van der Waals surface area contributed by atoms with E-state index in [-0.39, 0.29) is 28.6 Å². The molecule has 8 nitrogen and oxygen atoms in total. The zero-order valence-corrected chi connectivity index (χ0v) is 23.7. The zero-order valence-electron chi connectivity index (χ0n) is 22.9. The van der Waals surface area contributed by atoms with Crippen LogP contribution in [0.5, 0.6) is 11.5 Å². The third-order valence-electron chi connectivity index (χ3n) is 8.35. The number of rotatable bonds is 9. The molecule has 0 unspecified atom stereocenters. The maximum atomic E-state index is 13.3. The molecule has 40 heavy (non-hydrogen) atoms. The van der Waals surface area contributed by atoms with Gasteiger partial charge in [0.05, 0.1) is 11.2 Å². The highest BCUT2D eigenvalue weighted by Gasteiger charge is 2.54. The van der Waals surface area contributed by atoms with Gasteiger partial charge in [0.2, 0.25) is 5.91 Å². The molecule has 2 aromatic rings. The average molecular weight is 566 g/mol. The molecule has 4 saturated carbocycles. The first-order valence-electron chi connectivity index (χ1n) is 13.8. The van der Waals surface area contributed by atoms with Crippen molar-refractivity contribution in [3.8, 4) is 11.5 Å². The van der Waals surface area contributed by atoms with E-state index in [1.807, 2.05) is 24.3 Å². The van der Waals surface area contributed by atoms with Crippen molar-refractivity contribution in [1.82, 2.24) is 0 Å². The van der Waals surface area contributed by atoms with Gasteiger partial charge in [-0.15, -0.1) is 0 Å². The van der Waals surface area contributed by atoms with Gasteiger partial charge in [-0.2, -0.15) is 0 Å².